The smallest absolute Gasteiger partial charge is 0.236 e. The van der Waals surface area contributed by atoms with E-state index in [9.17, 15) is 4.79 Å². The van der Waals surface area contributed by atoms with Crippen molar-refractivity contribution in [1.29, 1.82) is 0 Å². The standard InChI is InChI=1S/C23H30N2O3/c1-17-7-9-18(10-8-17)15-24(2)23(26)16-25-13-5-6-21(25)20-14-19(27-3)11-12-22(20)28-4/h7-12,14,21H,5-6,13,15-16H2,1-4H3/t21-/m1/s1. The number of likely N-dealkylation sites (tertiary alicyclic amines) is 1. The van der Waals surface area contributed by atoms with E-state index in [0.29, 0.717) is 13.1 Å². The number of methoxy groups -OCH3 is 2. The fourth-order valence-corrected chi connectivity index (χ4v) is 3.82. The second-order valence-electron chi connectivity index (χ2n) is 7.47. The van der Waals surface area contributed by atoms with Gasteiger partial charge >= 0.3 is 0 Å². The van der Waals surface area contributed by atoms with Crippen LogP contribution < -0.4 is 9.47 Å². The van der Waals surface area contributed by atoms with Crippen molar-refractivity contribution >= 4 is 5.91 Å². The highest BCUT2D eigenvalue weighted by atomic mass is 16.5. The third-order valence-electron chi connectivity index (χ3n) is 5.46. The summed E-state index contributed by atoms with van der Waals surface area (Å²) in [4.78, 5) is 16.9. The Morgan fingerprint density at radius 3 is 2.57 bits per heavy atom. The topological polar surface area (TPSA) is 42.0 Å². The van der Waals surface area contributed by atoms with E-state index in [1.807, 2.05) is 30.1 Å². The molecule has 0 bridgehead atoms. The Morgan fingerprint density at radius 2 is 1.89 bits per heavy atom. The first kappa shape index (κ1) is 20.2. The van der Waals surface area contributed by atoms with Gasteiger partial charge in [0.15, 0.2) is 0 Å². The van der Waals surface area contributed by atoms with Crippen molar-refractivity contribution < 1.29 is 14.3 Å². The molecule has 1 fully saturated rings. The molecule has 0 N–H and O–H groups in total. The van der Waals surface area contributed by atoms with Crippen LogP contribution in [0.5, 0.6) is 11.5 Å². The quantitative estimate of drug-likeness (QED) is 0.730. The number of ether oxygens (including phenoxy) is 2. The van der Waals surface area contributed by atoms with E-state index in [1.165, 1.54) is 5.56 Å². The molecule has 0 aromatic heterocycles. The number of carbonyl (C=O) groups is 1. The van der Waals surface area contributed by atoms with Crippen molar-refractivity contribution in [3.05, 3.63) is 59.2 Å². The number of benzene rings is 2. The number of nitrogens with zero attached hydrogens (tertiary/aromatic N) is 2. The van der Waals surface area contributed by atoms with E-state index < -0.39 is 0 Å². The molecular formula is C23H30N2O3. The summed E-state index contributed by atoms with van der Waals surface area (Å²) in [6, 6.07) is 14.4. The van der Waals surface area contributed by atoms with Gasteiger partial charge in [0, 0.05) is 25.2 Å². The number of rotatable bonds is 7. The second kappa shape index (κ2) is 9.11. The van der Waals surface area contributed by atoms with Crippen molar-refractivity contribution in [3.8, 4) is 11.5 Å². The summed E-state index contributed by atoms with van der Waals surface area (Å²) in [5.41, 5.74) is 3.46. The molecule has 1 aliphatic heterocycles. The molecule has 5 heteroatoms. The van der Waals surface area contributed by atoms with Crippen LogP contribution in [0.2, 0.25) is 0 Å². The molecule has 1 heterocycles. The fraction of sp³-hybridized carbons (Fsp3) is 0.435. The molecule has 2 aromatic carbocycles. The SMILES string of the molecule is COc1ccc(OC)c([C@H]2CCCN2CC(=O)N(C)Cc2ccc(C)cc2)c1. The minimum atomic E-state index is 0.134. The monoisotopic (exact) mass is 382 g/mol. The minimum absolute atomic E-state index is 0.134. The molecule has 0 aliphatic carbocycles. The zero-order valence-corrected chi connectivity index (χ0v) is 17.3. The summed E-state index contributed by atoms with van der Waals surface area (Å²) in [6.45, 7) is 4.02. The normalized spacial score (nSPS) is 16.8. The number of hydrogen-bond donors (Lipinski definition) is 0. The van der Waals surface area contributed by atoms with Crippen LogP contribution in [0.4, 0.5) is 0 Å². The molecule has 0 saturated carbocycles. The molecule has 1 aliphatic rings. The van der Waals surface area contributed by atoms with Gasteiger partial charge in [0.1, 0.15) is 11.5 Å². The number of carbonyl (C=O) groups excluding carboxylic acids is 1. The first-order valence-electron chi connectivity index (χ1n) is 9.77. The Bertz CT molecular complexity index is 804. The van der Waals surface area contributed by atoms with Crippen LogP contribution >= 0.6 is 0 Å². The Balaban J connectivity index is 1.69. The number of likely N-dealkylation sites (N-methyl/N-ethyl adjacent to an activating group) is 1. The van der Waals surface area contributed by atoms with E-state index in [-0.39, 0.29) is 11.9 Å². The summed E-state index contributed by atoms with van der Waals surface area (Å²) < 4.78 is 11.0. The molecule has 2 aromatic rings. The largest absolute Gasteiger partial charge is 0.497 e. The van der Waals surface area contributed by atoms with Crippen molar-refractivity contribution in [2.45, 2.75) is 32.4 Å². The van der Waals surface area contributed by atoms with Crippen LogP contribution in [-0.4, -0.2) is 50.1 Å². The molecule has 1 atom stereocenters. The van der Waals surface area contributed by atoms with E-state index >= 15 is 0 Å². The molecular weight excluding hydrogens is 352 g/mol. The maximum atomic E-state index is 12.9. The maximum absolute atomic E-state index is 12.9. The van der Waals surface area contributed by atoms with Gasteiger partial charge in [0.05, 0.1) is 20.8 Å². The van der Waals surface area contributed by atoms with Gasteiger partial charge in [0.25, 0.3) is 0 Å². The fourth-order valence-electron chi connectivity index (χ4n) is 3.82. The molecule has 1 saturated heterocycles. The summed E-state index contributed by atoms with van der Waals surface area (Å²) in [7, 11) is 5.23. The predicted molar refractivity (Wildman–Crippen MR) is 111 cm³/mol. The van der Waals surface area contributed by atoms with Crippen LogP contribution in [-0.2, 0) is 11.3 Å². The molecule has 3 rings (SSSR count). The molecule has 150 valence electrons. The Morgan fingerprint density at radius 1 is 1.14 bits per heavy atom. The van der Waals surface area contributed by atoms with E-state index in [0.717, 1.165) is 42.0 Å². The minimum Gasteiger partial charge on any atom is -0.497 e. The van der Waals surface area contributed by atoms with Gasteiger partial charge < -0.3 is 14.4 Å². The maximum Gasteiger partial charge on any atom is 0.236 e. The van der Waals surface area contributed by atoms with Gasteiger partial charge in [0.2, 0.25) is 5.91 Å². The molecule has 28 heavy (non-hydrogen) atoms. The van der Waals surface area contributed by atoms with Gasteiger partial charge in [-0.25, -0.2) is 0 Å². The Labute approximate surface area is 167 Å². The molecule has 0 unspecified atom stereocenters. The number of hydrogen-bond acceptors (Lipinski definition) is 4. The van der Waals surface area contributed by atoms with Gasteiger partial charge in [-0.15, -0.1) is 0 Å². The number of amides is 1. The van der Waals surface area contributed by atoms with Gasteiger partial charge in [-0.1, -0.05) is 29.8 Å². The average molecular weight is 383 g/mol. The zero-order chi connectivity index (χ0) is 20.1. The third-order valence-corrected chi connectivity index (χ3v) is 5.46. The van der Waals surface area contributed by atoms with Crippen molar-refractivity contribution in [1.82, 2.24) is 9.80 Å². The van der Waals surface area contributed by atoms with Crippen molar-refractivity contribution in [2.24, 2.45) is 0 Å². The van der Waals surface area contributed by atoms with Gasteiger partial charge in [-0.3, -0.25) is 9.69 Å². The predicted octanol–water partition coefficient (Wildman–Crippen LogP) is 3.81. The Kier molecular flexibility index (Phi) is 6.57. The first-order valence-corrected chi connectivity index (χ1v) is 9.77. The Hall–Kier alpha value is -2.53. The van der Waals surface area contributed by atoms with Gasteiger partial charge in [-0.2, -0.15) is 0 Å². The lowest BCUT2D eigenvalue weighted by atomic mass is 10.0. The molecule has 5 nitrogen and oxygen atoms in total. The van der Waals surface area contributed by atoms with Crippen LogP contribution in [0.15, 0.2) is 42.5 Å². The summed E-state index contributed by atoms with van der Waals surface area (Å²) in [5.74, 6) is 1.79. The second-order valence-corrected chi connectivity index (χ2v) is 7.47. The summed E-state index contributed by atoms with van der Waals surface area (Å²) in [6.07, 6.45) is 2.08. The van der Waals surface area contributed by atoms with Crippen LogP contribution in [0.3, 0.4) is 0 Å². The highest BCUT2D eigenvalue weighted by Gasteiger charge is 2.30. The third kappa shape index (κ3) is 4.65. The molecule has 0 radical (unpaired) electrons. The van der Waals surface area contributed by atoms with Crippen LogP contribution in [0.1, 0.15) is 35.6 Å². The zero-order valence-electron chi connectivity index (χ0n) is 17.3. The average Bonchev–Trinajstić information content (AvgIpc) is 3.17. The summed E-state index contributed by atoms with van der Waals surface area (Å²) >= 11 is 0. The van der Waals surface area contributed by atoms with Crippen LogP contribution in [0, 0.1) is 6.92 Å². The lowest BCUT2D eigenvalue weighted by Gasteiger charge is -2.28. The van der Waals surface area contributed by atoms with Gasteiger partial charge in [-0.05, 0) is 50.1 Å². The lowest BCUT2D eigenvalue weighted by Crippen LogP contribution is -2.37. The molecule has 0 spiro atoms. The van der Waals surface area contributed by atoms with E-state index in [4.69, 9.17) is 9.47 Å². The van der Waals surface area contributed by atoms with Crippen molar-refractivity contribution in [3.63, 3.8) is 0 Å². The first-order chi connectivity index (χ1) is 13.5. The highest BCUT2D eigenvalue weighted by molar-refractivity contribution is 5.78. The summed E-state index contributed by atoms with van der Waals surface area (Å²) in [5, 5.41) is 0. The van der Waals surface area contributed by atoms with E-state index in [1.54, 1.807) is 14.2 Å². The van der Waals surface area contributed by atoms with E-state index in [2.05, 4.69) is 36.1 Å². The highest BCUT2D eigenvalue weighted by Crippen LogP contribution is 2.38. The number of aryl methyl sites for hydroxylation is 1. The molecule has 1 amide bonds. The lowest BCUT2D eigenvalue weighted by molar-refractivity contribution is -0.131. The van der Waals surface area contributed by atoms with Crippen molar-refractivity contribution in [2.75, 3.05) is 34.4 Å². The van der Waals surface area contributed by atoms with Crippen LogP contribution in [0.25, 0.3) is 0 Å².